The summed E-state index contributed by atoms with van der Waals surface area (Å²) in [6.07, 6.45) is 4.07. The first-order valence-corrected chi connectivity index (χ1v) is 4.99. The third kappa shape index (κ3) is 3.25. The highest BCUT2D eigenvalue weighted by atomic mass is 35.5. The van der Waals surface area contributed by atoms with Crippen LogP contribution in [0.2, 0.25) is 5.15 Å². The van der Waals surface area contributed by atoms with Crippen LogP contribution in [0.4, 0.5) is 5.69 Å². The number of carboxylic acid groups (broad SMARTS) is 1. The summed E-state index contributed by atoms with van der Waals surface area (Å²) >= 11 is 5.61. The predicted molar refractivity (Wildman–Crippen MR) is 61.9 cm³/mol. The second kappa shape index (κ2) is 5.40. The van der Waals surface area contributed by atoms with Gasteiger partial charge in [0.15, 0.2) is 0 Å². The van der Waals surface area contributed by atoms with Crippen LogP contribution in [0.15, 0.2) is 12.3 Å². The van der Waals surface area contributed by atoms with Gasteiger partial charge in [0.2, 0.25) is 5.15 Å². The smallest absolute Gasteiger partial charge is 0.309 e. The lowest BCUT2D eigenvalue weighted by Gasteiger charge is -2.02. The molecule has 0 bridgehead atoms. The number of aliphatic carboxylic acids is 1. The van der Waals surface area contributed by atoms with Crippen LogP contribution in [0, 0.1) is 17.0 Å². The van der Waals surface area contributed by atoms with E-state index >= 15 is 0 Å². The molecular weight excluding hydrogens is 248 g/mol. The minimum Gasteiger partial charge on any atom is -0.481 e. The number of carboxylic acids is 1. The summed E-state index contributed by atoms with van der Waals surface area (Å²) in [6.45, 7) is 1.53. The number of hydrogen-bond donors (Lipinski definition) is 1. The molecule has 1 aromatic heterocycles. The molecule has 0 spiro atoms. The summed E-state index contributed by atoms with van der Waals surface area (Å²) < 4.78 is 0. The van der Waals surface area contributed by atoms with Crippen molar-refractivity contribution in [3.63, 3.8) is 0 Å². The van der Waals surface area contributed by atoms with Crippen molar-refractivity contribution >= 4 is 29.3 Å². The Hall–Kier alpha value is -1.95. The summed E-state index contributed by atoms with van der Waals surface area (Å²) in [6, 6.07) is 0. The van der Waals surface area contributed by atoms with E-state index in [4.69, 9.17) is 16.7 Å². The molecule has 0 aliphatic heterocycles. The van der Waals surface area contributed by atoms with E-state index in [1.807, 2.05) is 0 Å². The van der Waals surface area contributed by atoms with E-state index in [0.717, 1.165) is 0 Å². The summed E-state index contributed by atoms with van der Waals surface area (Å²) in [7, 11) is 0. The molecule has 0 amide bonds. The molecular formula is C10H9ClN2O4. The number of aromatic nitrogens is 1. The van der Waals surface area contributed by atoms with Crippen molar-refractivity contribution in [1.82, 2.24) is 4.98 Å². The molecule has 6 nitrogen and oxygen atoms in total. The van der Waals surface area contributed by atoms with Crippen LogP contribution >= 0.6 is 11.6 Å². The Kier molecular flexibility index (Phi) is 4.17. The highest BCUT2D eigenvalue weighted by molar-refractivity contribution is 6.31. The topological polar surface area (TPSA) is 93.3 Å². The summed E-state index contributed by atoms with van der Waals surface area (Å²) in [5.74, 6) is -0.977. The molecule has 90 valence electrons. The van der Waals surface area contributed by atoms with Gasteiger partial charge in [-0.3, -0.25) is 14.9 Å². The minimum atomic E-state index is -0.977. The zero-order chi connectivity index (χ0) is 13.0. The number of carbonyl (C=O) groups is 1. The van der Waals surface area contributed by atoms with E-state index in [9.17, 15) is 14.9 Å². The largest absolute Gasteiger partial charge is 0.481 e. The van der Waals surface area contributed by atoms with Gasteiger partial charge in [0.1, 0.15) is 0 Å². The van der Waals surface area contributed by atoms with E-state index in [0.29, 0.717) is 11.1 Å². The first-order valence-electron chi connectivity index (χ1n) is 4.61. The molecule has 1 N–H and O–H groups in total. The number of pyridine rings is 1. The minimum absolute atomic E-state index is 0.157. The van der Waals surface area contributed by atoms with Gasteiger partial charge < -0.3 is 5.11 Å². The van der Waals surface area contributed by atoms with E-state index < -0.39 is 10.9 Å². The van der Waals surface area contributed by atoms with Crippen LogP contribution < -0.4 is 0 Å². The van der Waals surface area contributed by atoms with E-state index in [1.54, 1.807) is 0 Å². The fourth-order valence-corrected chi connectivity index (χ4v) is 1.50. The third-order valence-corrected chi connectivity index (χ3v) is 2.35. The molecule has 0 aliphatic carbocycles. The van der Waals surface area contributed by atoms with Crippen molar-refractivity contribution in [2.75, 3.05) is 0 Å². The summed E-state index contributed by atoms with van der Waals surface area (Å²) in [5.41, 5.74) is 0.572. The Morgan fingerprint density at radius 2 is 2.35 bits per heavy atom. The SMILES string of the molecule is Cc1c(C=CCC(=O)O)cnc(Cl)c1[N+](=O)[O-]. The van der Waals surface area contributed by atoms with Crippen molar-refractivity contribution < 1.29 is 14.8 Å². The number of halogens is 1. The highest BCUT2D eigenvalue weighted by Gasteiger charge is 2.19. The van der Waals surface area contributed by atoms with Gasteiger partial charge in [0, 0.05) is 17.3 Å². The highest BCUT2D eigenvalue weighted by Crippen LogP contribution is 2.28. The van der Waals surface area contributed by atoms with Gasteiger partial charge in [0.05, 0.1) is 11.3 Å². The molecule has 0 fully saturated rings. The maximum Gasteiger partial charge on any atom is 0.309 e. The van der Waals surface area contributed by atoms with Gasteiger partial charge >= 0.3 is 11.7 Å². The fourth-order valence-electron chi connectivity index (χ4n) is 1.24. The zero-order valence-electron chi connectivity index (χ0n) is 8.88. The maximum atomic E-state index is 10.7. The molecule has 7 heteroatoms. The monoisotopic (exact) mass is 256 g/mol. The van der Waals surface area contributed by atoms with Crippen molar-refractivity contribution in [3.05, 3.63) is 38.7 Å². The standard InChI is InChI=1S/C10H9ClN2O4/c1-6-7(3-2-4-8(14)15)5-12-10(11)9(6)13(16)17/h2-3,5H,4H2,1H3,(H,14,15). The molecule has 0 radical (unpaired) electrons. The van der Waals surface area contributed by atoms with Gasteiger partial charge in [-0.25, -0.2) is 4.98 Å². The molecule has 1 aromatic rings. The average molecular weight is 257 g/mol. The summed E-state index contributed by atoms with van der Waals surface area (Å²) in [4.78, 5) is 24.1. The van der Waals surface area contributed by atoms with Crippen LogP contribution in [-0.4, -0.2) is 21.0 Å². The maximum absolute atomic E-state index is 10.7. The van der Waals surface area contributed by atoms with Crippen molar-refractivity contribution in [3.8, 4) is 0 Å². The van der Waals surface area contributed by atoms with Gasteiger partial charge in [-0.2, -0.15) is 0 Å². The Morgan fingerprint density at radius 1 is 1.71 bits per heavy atom. The first-order chi connectivity index (χ1) is 7.93. The Bertz CT molecular complexity index is 499. The normalized spacial score (nSPS) is 10.7. The van der Waals surface area contributed by atoms with Crippen LogP contribution in [0.5, 0.6) is 0 Å². The average Bonchev–Trinajstić information content (AvgIpc) is 2.20. The molecule has 1 rings (SSSR count). The van der Waals surface area contributed by atoms with Crippen molar-refractivity contribution in [2.45, 2.75) is 13.3 Å². The zero-order valence-corrected chi connectivity index (χ0v) is 9.64. The number of rotatable bonds is 4. The molecule has 0 unspecified atom stereocenters. The Morgan fingerprint density at radius 3 is 2.88 bits per heavy atom. The van der Waals surface area contributed by atoms with Crippen LogP contribution in [-0.2, 0) is 4.79 Å². The number of nitrogens with zero attached hydrogens (tertiary/aromatic N) is 2. The Labute approximate surface area is 102 Å². The first kappa shape index (κ1) is 13.1. The fraction of sp³-hybridized carbons (Fsp3) is 0.200. The third-order valence-electron chi connectivity index (χ3n) is 2.07. The lowest BCUT2D eigenvalue weighted by Crippen LogP contribution is -1.97. The van der Waals surface area contributed by atoms with Crippen LogP contribution in [0.3, 0.4) is 0 Å². The van der Waals surface area contributed by atoms with Gasteiger partial charge in [0.25, 0.3) is 0 Å². The molecule has 0 aromatic carbocycles. The molecule has 0 saturated carbocycles. The molecule has 0 aliphatic rings. The van der Waals surface area contributed by atoms with Crippen molar-refractivity contribution in [1.29, 1.82) is 0 Å². The quantitative estimate of drug-likeness (QED) is 0.507. The van der Waals surface area contributed by atoms with Crippen molar-refractivity contribution in [2.24, 2.45) is 0 Å². The lowest BCUT2D eigenvalue weighted by atomic mass is 10.1. The molecule has 1 heterocycles. The molecule has 0 atom stereocenters. The van der Waals surface area contributed by atoms with E-state index in [2.05, 4.69) is 4.98 Å². The number of nitro groups is 1. The predicted octanol–water partition coefficient (Wildman–Crippen LogP) is 2.44. The summed E-state index contributed by atoms with van der Waals surface area (Å²) in [5, 5.41) is 19.0. The lowest BCUT2D eigenvalue weighted by molar-refractivity contribution is -0.385. The van der Waals surface area contributed by atoms with Crippen LogP contribution in [0.25, 0.3) is 6.08 Å². The van der Waals surface area contributed by atoms with Crippen LogP contribution in [0.1, 0.15) is 17.5 Å². The second-order valence-electron chi connectivity index (χ2n) is 3.24. The Balaban J connectivity index is 3.11. The number of hydrogen-bond acceptors (Lipinski definition) is 4. The second-order valence-corrected chi connectivity index (χ2v) is 3.59. The van der Waals surface area contributed by atoms with Gasteiger partial charge in [-0.1, -0.05) is 23.8 Å². The van der Waals surface area contributed by atoms with E-state index in [-0.39, 0.29) is 17.3 Å². The van der Waals surface area contributed by atoms with E-state index in [1.165, 1.54) is 25.3 Å². The van der Waals surface area contributed by atoms with Gasteiger partial charge in [-0.15, -0.1) is 0 Å². The molecule has 0 saturated heterocycles. The van der Waals surface area contributed by atoms with Gasteiger partial charge in [-0.05, 0) is 6.92 Å². The molecule has 17 heavy (non-hydrogen) atoms.